The van der Waals surface area contributed by atoms with E-state index < -0.39 is 11.9 Å². The average molecular weight is 506 g/mol. The molecule has 0 aliphatic rings. The molecule has 0 bridgehead atoms. The third-order valence-corrected chi connectivity index (χ3v) is 5.99. The number of hydrogen-bond acceptors (Lipinski definition) is 4. The van der Waals surface area contributed by atoms with E-state index in [2.05, 4.69) is 5.32 Å². The number of amides is 3. The quantitative estimate of drug-likeness (QED) is 0.124. The van der Waals surface area contributed by atoms with Crippen molar-refractivity contribution in [3.05, 3.63) is 132 Å². The Morgan fingerprint density at radius 2 is 1.47 bits per heavy atom. The normalized spacial score (nSPS) is 11.5. The van der Waals surface area contributed by atoms with Gasteiger partial charge in [0, 0.05) is 18.3 Å². The topological polar surface area (TPSA) is 98.7 Å². The maximum absolute atomic E-state index is 13.6. The Morgan fingerprint density at radius 1 is 0.816 bits per heavy atom. The fourth-order valence-corrected chi connectivity index (χ4v) is 4.09. The van der Waals surface area contributed by atoms with E-state index in [-0.39, 0.29) is 5.91 Å². The second-order valence-corrected chi connectivity index (χ2v) is 8.51. The van der Waals surface area contributed by atoms with Crippen molar-refractivity contribution in [3.8, 4) is 11.1 Å². The first kappa shape index (κ1) is 26.1. The van der Waals surface area contributed by atoms with E-state index >= 15 is 0 Å². The van der Waals surface area contributed by atoms with Crippen molar-refractivity contribution in [2.24, 2.45) is 0 Å². The van der Waals surface area contributed by atoms with Crippen LogP contribution in [0.2, 0.25) is 0 Å². The Labute approximate surface area is 221 Å². The molecule has 190 valence electrons. The van der Waals surface area contributed by atoms with Gasteiger partial charge in [0.05, 0.1) is 0 Å². The molecule has 0 aliphatic carbocycles. The molecule has 1 unspecified atom stereocenters. The van der Waals surface area contributed by atoms with Gasteiger partial charge in [-0.15, -0.1) is 0 Å². The average Bonchev–Trinajstić information content (AvgIpc) is 2.98. The number of nitrogens with zero attached hydrogens (tertiary/aromatic N) is 1. The number of rotatable bonds is 10. The summed E-state index contributed by atoms with van der Waals surface area (Å²) in [6.45, 7) is 0.298. The Morgan fingerprint density at radius 3 is 2.13 bits per heavy atom. The first-order chi connectivity index (χ1) is 18.6. The molecular weight excluding hydrogens is 478 g/mol. The van der Waals surface area contributed by atoms with E-state index in [4.69, 9.17) is 5.21 Å². The van der Waals surface area contributed by atoms with Crippen molar-refractivity contribution >= 4 is 30.0 Å². The SMILES string of the molecule is O=CN(c1ccc(-c2ccccc2)cc1)C(C(=O)NCc1ccccc1)c1cccc(C=CC(=O)NO)c1. The van der Waals surface area contributed by atoms with Gasteiger partial charge in [-0.3, -0.25) is 24.5 Å². The van der Waals surface area contributed by atoms with Gasteiger partial charge in [0.1, 0.15) is 6.04 Å². The number of carbonyl (C=O) groups is 3. The summed E-state index contributed by atoms with van der Waals surface area (Å²) in [6, 6.07) is 32.8. The summed E-state index contributed by atoms with van der Waals surface area (Å²) in [7, 11) is 0. The Balaban J connectivity index is 1.67. The van der Waals surface area contributed by atoms with E-state index in [0.717, 1.165) is 16.7 Å². The van der Waals surface area contributed by atoms with Crippen LogP contribution in [0.3, 0.4) is 0 Å². The molecule has 0 radical (unpaired) electrons. The smallest absolute Gasteiger partial charge is 0.267 e. The van der Waals surface area contributed by atoms with Gasteiger partial charge in [0.2, 0.25) is 12.3 Å². The van der Waals surface area contributed by atoms with Crippen LogP contribution < -0.4 is 15.7 Å². The lowest BCUT2D eigenvalue weighted by atomic mass is 10.00. The summed E-state index contributed by atoms with van der Waals surface area (Å²) in [4.78, 5) is 38.8. The summed E-state index contributed by atoms with van der Waals surface area (Å²) >= 11 is 0. The maximum atomic E-state index is 13.6. The molecule has 3 amide bonds. The van der Waals surface area contributed by atoms with E-state index in [1.54, 1.807) is 29.7 Å². The summed E-state index contributed by atoms with van der Waals surface area (Å²) in [5, 5.41) is 11.7. The zero-order chi connectivity index (χ0) is 26.7. The Kier molecular flexibility index (Phi) is 8.78. The van der Waals surface area contributed by atoms with E-state index in [9.17, 15) is 14.4 Å². The molecular formula is C31H27N3O4. The monoisotopic (exact) mass is 505 g/mol. The predicted octanol–water partition coefficient (Wildman–Crippen LogP) is 4.89. The van der Waals surface area contributed by atoms with E-state index in [1.165, 1.54) is 17.1 Å². The summed E-state index contributed by atoms with van der Waals surface area (Å²) in [5.41, 5.74) is 6.23. The van der Waals surface area contributed by atoms with Gasteiger partial charge >= 0.3 is 0 Å². The van der Waals surface area contributed by atoms with Gasteiger partial charge in [-0.2, -0.15) is 0 Å². The molecule has 1 atom stereocenters. The van der Waals surface area contributed by atoms with Crippen LogP contribution in [0, 0.1) is 0 Å². The van der Waals surface area contributed by atoms with Crippen LogP contribution in [0.15, 0.2) is 115 Å². The van der Waals surface area contributed by atoms with Crippen LogP contribution >= 0.6 is 0 Å². The highest BCUT2D eigenvalue weighted by atomic mass is 16.5. The summed E-state index contributed by atoms with van der Waals surface area (Å²) in [6.07, 6.45) is 3.32. The van der Waals surface area contributed by atoms with Crippen LogP contribution in [0.1, 0.15) is 22.7 Å². The number of anilines is 1. The van der Waals surface area contributed by atoms with Crippen molar-refractivity contribution in [1.29, 1.82) is 0 Å². The maximum Gasteiger partial charge on any atom is 0.267 e. The van der Waals surface area contributed by atoms with Crippen molar-refractivity contribution in [2.45, 2.75) is 12.6 Å². The molecule has 0 saturated heterocycles. The van der Waals surface area contributed by atoms with Crippen LogP contribution in [0.4, 0.5) is 5.69 Å². The number of carbonyl (C=O) groups excluding carboxylic acids is 3. The minimum Gasteiger partial charge on any atom is -0.350 e. The molecule has 0 aromatic heterocycles. The van der Waals surface area contributed by atoms with Crippen LogP contribution in [-0.4, -0.2) is 23.4 Å². The highest BCUT2D eigenvalue weighted by Gasteiger charge is 2.28. The number of benzene rings is 4. The molecule has 3 N–H and O–H groups in total. The van der Waals surface area contributed by atoms with Gasteiger partial charge in [0.25, 0.3) is 5.91 Å². The van der Waals surface area contributed by atoms with Gasteiger partial charge < -0.3 is 5.32 Å². The first-order valence-corrected chi connectivity index (χ1v) is 12.0. The molecule has 0 spiro atoms. The molecule has 4 aromatic carbocycles. The zero-order valence-electron chi connectivity index (χ0n) is 20.5. The van der Waals surface area contributed by atoms with Gasteiger partial charge in [-0.1, -0.05) is 91.0 Å². The minimum absolute atomic E-state index is 0.298. The molecule has 4 aromatic rings. The number of hydroxylamine groups is 1. The standard InChI is InChI=1S/C31H27N3O4/c35-22-34(28-17-15-26(16-18-28)25-11-5-2-6-12-25)30(31(37)32-21-24-8-3-1-4-9-24)27-13-7-10-23(20-27)14-19-29(36)33-38/h1-20,22,30,38H,21H2,(H,32,37)(H,33,36). The zero-order valence-corrected chi connectivity index (χ0v) is 20.5. The molecule has 0 saturated carbocycles. The highest BCUT2D eigenvalue weighted by Crippen LogP contribution is 2.29. The van der Waals surface area contributed by atoms with Gasteiger partial charge in [-0.05, 0) is 52.1 Å². The number of hydrogen-bond donors (Lipinski definition) is 3. The largest absolute Gasteiger partial charge is 0.350 e. The molecule has 0 heterocycles. The van der Waals surface area contributed by atoms with Crippen molar-refractivity contribution < 1.29 is 19.6 Å². The lowest BCUT2D eigenvalue weighted by molar-refractivity contribution is -0.124. The third-order valence-electron chi connectivity index (χ3n) is 5.99. The van der Waals surface area contributed by atoms with Gasteiger partial charge in [0.15, 0.2) is 0 Å². The molecule has 38 heavy (non-hydrogen) atoms. The van der Waals surface area contributed by atoms with E-state index in [0.29, 0.717) is 29.8 Å². The lowest BCUT2D eigenvalue weighted by Crippen LogP contribution is -2.40. The van der Waals surface area contributed by atoms with Crippen molar-refractivity contribution in [2.75, 3.05) is 4.90 Å². The molecule has 0 aliphatic heterocycles. The summed E-state index contributed by atoms with van der Waals surface area (Å²) < 4.78 is 0. The molecule has 0 fully saturated rings. The van der Waals surface area contributed by atoms with E-state index in [1.807, 2.05) is 84.9 Å². The second-order valence-electron chi connectivity index (χ2n) is 8.51. The van der Waals surface area contributed by atoms with Crippen molar-refractivity contribution in [3.63, 3.8) is 0 Å². The molecule has 7 heteroatoms. The van der Waals surface area contributed by atoms with Crippen molar-refractivity contribution in [1.82, 2.24) is 10.8 Å². The van der Waals surface area contributed by atoms with Crippen LogP contribution in [-0.2, 0) is 20.9 Å². The summed E-state index contributed by atoms with van der Waals surface area (Å²) in [5.74, 6) is -1.04. The minimum atomic E-state index is -0.973. The fourth-order valence-electron chi connectivity index (χ4n) is 4.09. The predicted molar refractivity (Wildman–Crippen MR) is 147 cm³/mol. The lowest BCUT2D eigenvalue weighted by Gasteiger charge is -2.28. The highest BCUT2D eigenvalue weighted by molar-refractivity contribution is 5.94. The van der Waals surface area contributed by atoms with Crippen LogP contribution in [0.25, 0.3) is 17.2 Å². The third kappa shape index (κ3) is 6.60. The fraction of sp³-hybridized carbons (Fsp3) is 0.0645. The number of nitrogens with one attached hydrogen (secondary N) is 2. The first-order valence-electron chi connectivity index (χ1n) is 12.0. The Hall–Kier alpha value is -5.01. The van der Waals surface area contributed by atoms with Crippen LogP contribution in [0.5, 0.6) is 0 Å². The molecule has 4 rings (SSSR count). The second kappa shape index (κ2) is 12.8. The Bertz CT molecular complexity index is 1400. The molecule has 7 nitrogen and oxygen atoms in total. The van der Waals surface area contributed by atoms with Gasteiger partial charge in [-0.25, -0.2) is 5.48 Å².